The van der Waals surface area contributed by atoms with Gasteiger partial charge in [0, 0.05) is 0 Å². The number of rotatable bonds is 4. The van der Waals surface area contributed by atoms with Crippen LogP contribution in [-0.2, 0) is 0 Å². The van der Waals surface area contributed by atoms with Crippen LogP contribution in [-0.4, -0.2) is 28.1 Å². The summed E-state index contributed by atoms with van der Waals surface area (Å²) in [7, 11) is 0. The van der Waals surface area contributed by atoms with E-state index in [1.807, 2.05) is 0 Å². The zero-order valence-electron chi connectivity index (χ0n) is 7.95. The van der Waals surface area contributed by atoms with E-state index < -0.39 is 12.1 Å². The van der Waals surface area contributed by atoms with Crippen molar-refractivity contribution in [2.75, 3.05) is 11.8 Å². The summed E-state index contributed by atoms with van der Waals surface area (Å²) in [5.74, 6) is 0. The number of anilines is 1. The van der Waals surface area contributed by atoms with Gasteiger partial charge in [-0.1, -0.05) is 12.1 Å². The van der Waals surface area contributed by atoms with Crippen molar-refractivity contribution in [3.05, 3.63) is 35.0 Å². The Morgan fingerprint density at radius 1 is 1.33 bits per heavy atom. The van der Waals surface area contributed by atoms with Crippen molar-refractivity contribution in [1.82, 2.24) is 0 Å². The Morgan fingerprint density at radius 3 is 2.27 bits per heavy atom. The zero-order valence-corrected chi connectivity index (χ0v) is 7.95. The Labute approximate surface area is 86.7 Å². The number of nitrogens with zero attached hydrogens (tertiary/aromatic N) is 1. The van der Waals surface area contributed by atoms with E-state index in [1.54, 1.807) is 0 Å². The lowest BCUT2D eigenvalue weighted by Gasteiger charge is -2.22. The molecule has 6 nitrogen and oxygen atoms in total. The lowest BCUT2D eigenvalue weighted by Crippen LogP contribution is -2.31. The minimum absolute atomic E-state index is 0.0588. The Hall–Kier alpha value is -1.18. The summed E-state index contributed by atoms with van der Waals surface area (Å²) in [6, 6.07) is 4.83. The Kier molecular flexibility index (Phi) is 4.01. The first kappa shape index (κ1) is 11.9. The molecule has 6 heteroatoms. The molecule has 5 N–H and O–H groups in total. The van der Waals surface area contributed by atoms with Crippen LogP contribution in [0.25, 0.3) is 0 Å². The first-order valence-corrected chi connectivity index (χ1v) is 4.37. The quantitative estimate of drug-likeness (QED) is 0.512. The fourth-order valence-electron chi connectivity index (χ4n) is 1.15. The van der Waals surface area contributed by atoms with Gasteiger partial charge in [0.05, 0.1) is 24.4 Å². The number of aliphatic hydroxyl groups is 2. The van der Waals surface area contributed by atoms with Crippen LogP contribution in [0.3, 0.4) is 0 Å². The summed E-state index contributed by atoms with van der Waals surface area (Å²) in [6.07, 6.45) is -0.997. The van der Waals surface area contributed by atoms with Crippen molar-refractivity contribution in [1.29, 1.82) is 0 Å². The fourth-order valence-corrected chi connectivity index (χ4v) is 1.15. The summed E-state index contributed by atoms with van der Waals surface area (Å²) in [5, 5.41) is 37.1. The number of hydrogen-bond donors (Lipinski definition) is 4. The molecule has 15 heavy (non-hydrogen) atoms. The highest BCUT2D eigenvalue weighted by atomic mass is 16.8. The van der Waals surface area contributed by atoms with Gasteiger partial charge in [0.2, 0.25) is 0 Å². The van der Waals surface area contributed by atoms with Crippen molar-refractivity contribution < 1.29 is 15.4 Å². The molecule has 0 aliphatic rings. The molecule has 2 atom stereocenters. The molecule has 0 aliphatic carbocycles. The predicted octanol–water partition coefficient (Wildman–Crippen LogP) is -0.267. The van der Waals surface area contributed by atoms with Crippen LogP contribution in [0.1, 0.15) is 11.7 Å². The molecular formula is C9H13N2O4-. The molecule has 0 aliphatic heterocycles. The molecular weight excluding hydrogens is 200 g/mol. The van der Waals surface area contributed by atoms with Crippen LogP contribution in [0.15, 0.2) is 24.3 Å². The first-order chi connectivity index (χ1) is 7.06. The molecule has 0 heterocycles. The van der Waals surface area contributed by atoms with Crippen LogP contribution >= 0.6 is 0 Å². The van der Waals surface area contributed by atoms with Gasteiger partial charge in [-0.15, -0.1) is 0 Å². The zero-order chi connectivity index (χ0) is 11.4. The SMILES string of the molecule is NC(CO)C(O)c1ccc(N([O-])O)cc1. The van der Waals surface area contributed by atoms with Crippen molar-refractivity contribution >= 4 is 5.69 Å². The second-order valence-corrected chi connectivity index (χ2v) is 3.16. The van der Waals surface area contributed by atoms with Crippen LogP contribution in [0, 0.1) is 5.21 Å². The third kappa shape index (κ3) is 2.88. The maximum atomic E-state index is 10.5. The number of nitrogens with two attached hydrogens (primary N) is 1. The lowest BCUT2D eigenvalue weighted by molar-refractivity contribution is 0.109. The van der Waals surface area contributed by atoms with E-state index in [9.17, 15) is 10.3 Å². The van der Waals surface area contributed by atoms with Gasteiger partial charge >= 0.3 is 0 Å². The summed E-state index contributed by atoms with van der Waals surface area (Å²) in [4.78, 5) is 0. The summed E-state index contributed by atoms with van der Waals surface area (Å²) < 4.78 is 0. The standard InChI is InChI=1S/C9H13N2O4/c10-8(5-12)9(13)6-1-3-7(4-2-6)11(14)15/h1-4,8-9,12-14H,5,10H2/q-1. The van der Waals surface area contributed by atoms with Crippen molar-refractivity contribution in [2.45, 2.75) is 12.1 Å². The van der Waals surface area contributed by atoms with E-state index >= 15 is 0 Å². The second-order valence-electron chi connectivity index (χ2n) is 3.16. The number of aliphatic hydroxyl groups excluding tert-OH is 2. The van der Waals surface area contributed by atoms with Gasteiger partial charge in [0.1, 0.15) is 0 Å². The molecule has 2 unspecified atom stereocenters. The van der Waals surface area contributed by atoms with Crippen molar-refractivity contribution in [3.8, 4) is 0 Å². The minimum atomic E-state index is -0.997. The van der Waals surface area contributed by atoms with Crippen LogP contribution < -0.4 is 11.0 Å². The molecule has 1 aromatic rings. The topological polar surface area (TPSA) is 113 Å². The molecule has 0 bridgehead atoms. The van der Waals surface area contributed by atoms with E-state index in [1.165, 1.54) is 24.3 Å². The molecule has 0 amide bonds. The Bertz CT molecular complexity index is 301. The van der Waals surface area contributed by atoms with E-state index in [-0.39, 0.29) is 17.5 Å². The molecule has 0 spiro atoms. The number of benzene rings is 1. The third-order valence-electron chi connectivity index (χ3n) is 2.07. The Morgan fingerprint density at radius 2 is 1.87 bits per heavy atom. The monoisotopic (exact) mass is 213 g/mol. The van der Waals surface area contributed by atoms with Gasteiger partial charge in [-0.3, -0.25) is 5.21 Å². The first-order valence-electron chi connectivity index (χ1n) is 4.37. The molecule has 1 rings (SSSR count). The van der Waals surface area contributed by atoms with Crippen LogP contribution in [0.5, 0.6) is 0 Å². The van der Waals surface area contributed by atoms with Gasteiger partial charge in [0.15, 0.2) is 0 Å². The maximum Gasteiger partial charge on any atom is 0.0963 e. The van der Waals surface area contributed by atoms with Gasteiger partial charge in [-0.25, -0.2) is 0 Å². The molecule has 0 saturated carbocycles. The van der Waals surface area contributed by atoms with E-state index in [4.69, 9.17) is 16.0 Å². The van der Waals surface area contributed by atoms with E-state index in [2.05, 4.69) is 0 Å². The largest absolute Gasteiger partial charge is 0.733 e. The maximum absolute atomic E-state index is 10.5. The molecule has 1 aromatic carbocycles. The van der Waals surface area contributed by atoms with Crippen LogP contribution in [0.2, 0.25) is 0 Å². The lowest BCUT2D eigenvalue weighted by atomic mass is 10.0. The molecule has 0 aromatic heterocycles. The predicted molar refractivity (Wildman–Crippen MR) is 54.1 cm³/mol. The second kappa shape index (κ2) is 5.06. The van der Waals surface area contributed by atoms with Crippen LogP contribution in [0.4, 0.5) is 5.69 Å². The van der Waals surface area contributed by atoms with Gasteiger partial charge in [0.25, 0.3) is 0 Å². The molecule has 84 valence electrons. The average Bonchev–Trinajstić information content (AvgIpc) is 2.27. The van der Waals surface area contributed by atoms with Gasteiger partial charge in [-0.2, -0.15) is 0 Å². The van der Waals surface area contributed by atoms with E-state index in [0.717, 1.165) is 0 Å². The van der Waals surface area contributed by atoms with Gasteiger partial charge < -0.3 is 26.4 Å². The highest BCUT2D eigenvalue weighted by Gasteiger charge is 2.15. The fraction of sp³-hybridized carbons (Fsp3) is 0.333. The molecule has 0 radical (unpaired) electrons. The summed E-state index contributed by atoms with van der Waals surface area (Å²) in [6.45, 7) is -0.337. The average molecular weight is 213 g/mol. The van der Waals surface area contributed by atoms with E-state index in [0.29, 0.717) is 5.56 Å². The summed E-state index contributed by atoms with van der Waals surface area (Å²) in [5.41, 5.74) is 5.96. The molecule has 0 saturated heterocycles. The summed E-state index contributed by atoms with van der Waals surface area (Å²) >= 11 is 0. The molecule has 0 fully saturated rings. The highest BCUT2D eigenvalue weighted by Crippen LogP contribution is 2.19. The third-order valence-corrected chi connectivity index (χ3v) is 2.07. The normalized spacial score (nSPS) is 14.7. The van der Waals surface area contributed by atoms with Crippen molar-refractivity contribution in [2.24, 2.45) is 5.73 Å². The van der Waals surface area contributed by atoms with Crippen molar-refractivity contribution in [3.63, 3.8) is 0 Å². The number of hydrogen-bond acceptors (Lipinski definition) is 6. The highest BCUT2D eigenvalue weighted by molar-refractivity contribution is 5.45. The van der Waals surface area contributed by atoms with Gasteiger partial charge in [-0.05, 0) is 17.7 Å². The smallest absolute Gasteiger partial charge is 0.0963 e. The Balaban J connectivity index is 2.79. The minimum Gasteiger partial charge on any atom is -0.733 e.